The fraction of sp³-hybridized carbons (Fsp3) is 0.114. The monoisotopic (exact) mass is 932 g/mol. The Kier molecular flexibility index (Phi) is 8.73. The number of anilines is 6. The maximum Gasteiger partial charge on any atom is 0.252 e. The van der Waals surface area contributed by atoms with E-state index in [1.165, 1.54) is 148 Å². The Hall–Kier alpha value is -8.40. The summed E-state index contributed by atoms with van der Waals surface area (Å²) >= 11 is 0. The van der Waals surface area contributed by atoms with E-state index in [0.29, 0.717) is 0 Å². The van der Waals surface area contributed by atoms with Gasteiger partial charge in [0, 0.05) is 33.5 Å². The molecule has 13 aromatic carbocycles. The van der Waals surface area contributed by atoms with Gasteiger partial charge in [-0.3, -0.25) is 0 Å². The molecule has 0 fully saturated rings. The number of rotatable bonds is 2. The highest BCUT2D eigenvalue weighted by Gasteiger charge is 2.44. The van der Waals surface area contributed by atoms with Crippen LogP contribution in [0.25, 0.3) is 86.2 Å². The van der Waals surface area contributed by atoms with Crippen LogP contribution in [0.3, 0.4) is 0 Å². The molecule has 0 saturated carbocycles. The second-order valence-electron chi connectivity index (χ2n) is 22.8. The molecule has 0 amide bonds. The van der Waals surface area contributed by atoms with Crippen molar-refractivity contribution >= 4 is 143 Å². The molecule has 0 bridgehead atoms. The first-order chi connectivity index (χ1) is 35.5. The molecule has 0 atom stereocenters. The lowest BCUT2D eigenvalue weighted by molar-refractivity contribution is 0.591. The minimum absolute atomic E-state index is 0.00173. The third kappa shape index (κ3) is 6.06. The SMILES string of the molecule is CC(C)(C)c1ccc2cc3c(cc2c1)B1c2cc4cc(C(C)(C)C)ccc4cc2N(c2cccc4c5ccccc5c5ccccc5c24)c2cccc(c21)N3c1cccc2c3ccccc3c3ccccc3c12. The Morgan fingerprint density at radius 1 is 0.274 bits per heavy atom. The van der Waals surface area contributed by atoms with Gasteiger partial charge in [0.1, 0.15) is 0 Å². The van der Waals surface area contributed by atoms with Gasteiger partial charge in [-0.15, -0.1) is 0 Å². The molecule has 0 aromatic heterocycles. The van der Waals surface area contributed by atoms with Gasteiger partial charge in [0.25, 0.3) is 6.71 Å². The van der Waals surface area contributed by atoms with Gasteiger partial charge >= 0.3 is 0 Å². The van der Waals surface area contributed by atoms with Crippen LogP contribution in [0, 0.1) is 0 Å². The normalized spacial score (nSPS) is 13.5. The molecule has 0 saturated heterocycles. The Bertz CT molecular complexity index is 4170. The van der Waals surface area contributed by atoms with Crippen molar-refractivity contribution in [2.24, 2.45) is 0 Å². The van der Waals surface area contributed by atoms with Crippen LogP contribution in [-0.4, -0.2) is 6.71 Å². The molecule has 13 aromatic rings. The highest BCUT2D eigenvalue weighted by molar-refractivity contribution is 7.00. The number of hydrogen-bond acceptors (Lipinski definition) is 2. The zero-order valence-corrected chi connectivity index (χ0v) is 42.2. The molecule has 0 aliphatic carbocycles. The maximum atomic E-state index is 2.64. The first kappa shape index (κ1) is 42.3. The molecule has 2 nitrogen and oxygen atoms in total. The summed E-state index contributed by atoms with van der Waals surface area (Å²) < 4.78 is 0. The van der Waals surface area contributed by atoms with Gasteiger partial charge in [0.05, 0.1) is 11.4 Å². The molecule has 346 valence electrons. The van der Waals surface area contributed by atoms with Crippen molar-refractivity contribution in [3.05, 3.63) is 223 Å². The standard InChI is InChI=1S/C70H53BN2/c1-69(2,3)46-34-32-42-40-64-58(38-44(42)36-46)71-59-39-45-37-47(70(4,5)6)35-33-43(45)41-65(59)73(61-29-16-27-57-53-21-10-8-19-49(53)51-23-12-14-25-55(51)67(57)61)63-31-17-30-62(68(63)71)72(64)60-28-15-26-56-52-20-9-7-18-48(52)50-22-11-13-24-54(50)66(56)60/h7-41H,1-6H3. The van der Waals surface area contributed by atoms with Crippen LogP contribution in [0.4, 0.5) is 34.1 Å². The van der Waals surface area contributed by atoms with Gasteiger partial charge in [-0.2, -0.15) is 0 Å². The lowest BCUT2D eigenvalue weighted by Crippen LogP contribution is -2.61. The molecule has 2 heterocycles. The lowest BCUT2D eigenvalue weighted by atomic mass is 9.33. The van der Waals surface area contributed by atoms with Crippen LogP contribution in [0.1, 0.15) is 52.7 Å². The van der Waals surface area contributed by atoms with Crippen molar-refractivity contribution < 1.29 is 0 Å². The van der Waals surface area contributed by atoms with Crippen LogP contribution in [0.5, 0.6) is 0 Å². The van der Waals surface area contributed by atoms with E-state index in [1.54, 1.807) is 0 Å². The summed E-state index contributed by atoms with van der Waals surface area (Å²) in [6.07, 6.45) is 0. The van der Waals surface area contributed by atoms with Crippen molar-refractivity contribution in [2.45, 2.75) is 52.4 Å². The predicted octanol–water partition coefficient (Wildman–Crippen LogP) is 17.6. The van der Waals surface area contributed by atoms with Crippen LogP contribution in [-0.2, 0) is 10.8 Å². The molecule has 3 heteroatoms. The Morgan fingerprint density at radius 3 is 0.959 bits per heavy atom. The van der Waals surface area contributed by atoms with Gasteiger partial charge in [-0.25, -0.2) is 0 Å². The minimum Gasteiger partial charge on any atom is -0.311 e. The van der Waals surface area contributed by atoms with Gasteiger partial charge in [0.15, 0.2) is 0 Å². The minimum atomic E-state index is -0.0609. The van der Waals surface area contributed by atoms with E-state index in [1.807, 2.05) is 0 Å². The number of hydrogen-bond donors (Lipinski definition) is 0. The zero-order chi connectivity index (χ0) is 49.1. The summed E-state index contributed by atoms with van der Waals surface area (Å²) in [6, 6.07) is 81.5. The quantitative estimate of drug-likeness (QED) is 0.126. The molecule has 0 radical (unpaired) electrons. The van der Waals surface area contributed by atoms with Crippen molar-refractivity contribution in [3.8, 4) is 0 Å². The van der Waals surface area contributed by atoms with E-state index in [2.05, 4.69) is 264 Å². The topological polar surface area (TPSA) is 6.48 Å². The molecule has 0 spiro atoms. The second-order valence-corrected chi connectivity index (χ2v) is 22.8. The molecule has 2 aliphatic rings. The van der Waals surface area contributed by atoms with Crippen molar-refractivity contribution in [1.29, 1.82) is 0 Å². The number of fused-ring (bicyclic) bond motifs is 18. The number of nitrogens with zero attached hydrogens (tertiary/aromatic N) is 2. The van der Waals surface area contributed by atoms with Crippen molar-refractivity contribution in [2.75, 3.05) is 9.80 Å². The van der Waals surface area contributed by atoms with Crippen LogP contribution in [0.15, 0.2) is 212 Å². The Balaban J connectivity index is 1.11. The maximum absolute atomic E-state index is 2.64. The lowest BCUT2D eigenvalue weighted by Gasteiger charge is -2.45. The Morgan fingerprint density at radius 2 is 0.589 bits per heavy atom. The summed E-state index contributed by atoms with van der Waals surface area (Å²) in [5, 5.41) is 20.3. The van der Waals surface area contributed by atoms with E-state index in [4.69, 9.17) is 0 Å². The van der Waals surface area contributed by atoms with Gasteiger partial charge in [-0.1, -0.05) is 217 Å². The van der Waals surface area contributed by atoms with Crippen LogP contribution >= 0.6 is 0 Å². The third-order valence-corrected chi connectivity index (χ3v) is 16.6. The fourth-order valence-corrected chi connectivity index (χ4v) is 13.1. The summed E-state index contributed by atoms with van der Waals surface area (Å²) in [6.45, 7) is 13.9. The molecule has 0 N–H and O–H groups in total. The fourth-order valence-electron chi connectivity index (χ4n) is 13.1. The van der Waals surface area contributed by atoms with Crippen LogP contribution < -0.4 is 26.2 Å². The van der Waals surface area contributed by atoms with Gasteiger partial charge in [-0.05, 0) is 150 Å². The highest BCUT2D eigenvalue weighted by atomic mass is 15.2. The first-order valence-corrected chi connectivity index (χ1v) is 26.0. The second kappa shape index (κ2) is 15.1. The van der Waals surface area contributed by atoms with Crippen molar-refractivity contribution in [3.63, 3.8) is 0 Å². The van der Waals surface area contributed by atoms with E-state index in [-0.39, 0.29) is 17.5 Å². The average Bonchev–Trinajstić information content (AvgIpc) is 3.42. The average molecular weight is 933 g/mol. The number of benzene rings is 13. The summed E-state index contributed by atoms with van der Waals surface area (Å²) in [4.78, 5) is 5.28. The highest BCUT2D eigenvalue weighted by Crippen LogP contribution is 2.51. The van der Waals surface area contributed by atoms with E-state index in [9.17, 15) is 0 Å². The third-order valence-electron chi connectivity index (χ3n) is 16.6. The van der Waals surface area contributed by atoms with Gasteiger partial charge in [0.2, 0.25) is 0 Å². The summed E-state index contributed by atoms with van der Waals surface area (Å²) in [5.74, 6) is 0. The van der Waals surface area contributed by atoms with Crippen molar-refractivity contribution in [1.82, 2.24) is 0 Å². The molecule has 2 aliphatic heterocycles. The van der Waals surface area contributed by atoms with E-state index in [0.717, 1.165) is 0 Å². The first-order valence-electron chi connectivity index (χ1n) is 26.0. The summed E-state index contributed by atoms with van der Waals surface area (Å²) in [7, 11) is 0. The van der Waals surface area contributed by atoms with Crippen LogP contribution in [0.2, 0.25) is 0 Å². The van der Waals surface area contributed by atoms with E-state index >= 15 is 0 Å². The zero-order valence-electron chi connectivity index (χ0n) is 42.2. The molecule has 0 unspecified atom stereocenters. The molecular weight excluding hydrogens is 880 g/mol. The van der Waals surface area contributed by atoms with Gasteiger partial charge < -0.3 is 9.80 Å². The molecule has 73 heavy (non-hydrogen) atoms. The smallest absolute Gasteiger partial charge is 0.252 e. The predicted molar refractivity (Wildman–Crippen MR) is 318 cm³/mol. The Labute approximate surface area is 426 Å². The largest absolute Gasteiger partial charge is 0.311 e. The summed E-state index contributed by atoms with van der Waals surface area (Å²) in [5.41, 5.74) is 13.9. The van der Waals surface area contributed by atoms with E-state index < -0.39 is 0 Å². The molecular formula is C70H53BN2. The molecule has 15 rings (SSSR count).